The van der Waals surface area contributed by atoms with Crippen molar-refractivity contribution in [2.75, 3.05) is 32.8 Å². The van der Waals surface area contributed by atoms with Gasteiger partial charge in [-0.25, -0.2) is 0 Å². The minimum atomic E-state index is -0.318. The fourth-order valence-electron chi connectivity index (χ4n) is 2.82. The van der Waals surface area contributed by atoms with Gasteiger partial charge in [-0.05, 0) is 49.5 Å². The molecule has 1 aromatic carbocycles. The maximum atomic E-state index is 10.1. The lowest BCUT2D eigenvalue weighted by atomic mass is 9.99. The number of piperidine rings is 1. The number of benzene rings is 1. The first kappa shape index (κ1) is 17.8. The van der Waals surface area contributed by atoms with E-state index in [0.29, 0.717) is 13.2 Å². The second-order valence-electron chi connectivity index (χ2n) is 6.40. The molecule has 4 heteroatoms. The third-order valence-electron chi connectivity index (χ3n) is 4.30. The van der Waals surface area contributed by atoms with Crippen LogP contribution in [-0.2, 0) is 6.54 Å². The Hall–Kier alpha value is -1.54. The van der Waals surface area contributed by atoms with Gasteiger partial charge in [-0.1, -0.05) is 25.0 Å². The summed E-state index contributed by atoms with van der Waals surface area (Å²) in [6.07, 6.45) is 7.33. The van der Waals surface area contributed by atoms with E-state index in [0.717, 1.165) is 43.4 Å². The van der Waals surface area contributed by atoms with E-state index in [1.54, 1.807) is 0 Å². The molecular weight excluding hydrogens is 288 g/mol. The molecule has 0 spiro atoms. The molecule has 0 radical (unpaired) electrons. The number of hydrogen-bond donors (Lipinski definition) is 2. The first-order valence-corrected chi connectivity index (χ1v) is 8.43. The standard InChI is InChI=1S/C19H28N2O2/c1-3-12-23-19-6-4-17(5-7-19)13-20-14-18(22)15-21-10-8-16(2)9-11-21/h1,4-7,16,18,20,22H,8-15H2,2H3. The molecule has 1 fully saturated rings. The molecule has 4 nitrogen and oxygen atoms in total. The number of rotatable bonds is 8. The van der Waals surface area contributed by atoms with Crippen LogP contribution in [0.5, 0.6) is 5.75 Å². The van der Waals surface area contributed by atoms with Crippen LogP contribution in [0.1, 0.15) is 25.3 Å². The van der Waals surface area contributed by atoms with Crippen LogP contribution in [0.2, 0.25) is 0 Å². The van der Waals surface area contributed by atoms with Gasteiger partial charge in [0.25, 0.3) is 0 Å². The molecule has 1 aliphatic rings. The summed E-state index contributed by atoms with van der Waals surface area (Å²) in [5, 5.41) is 13.5. The van der Waals surface area contributed by atoms with Crippen LogP contribution in [0.25, 0.3) is 0 Å². The molecule has 0 aliphatic carbocycles. The van der Waals surface area contributed by atoms with E-state index in [1.165, 1.54) is 12.8 Å². The van der Waals surface area contributed by atoms with E-state index in [2.05, 4.69) is 23.1 Å². The second-order valence-corrected chi connectivity index (χ2v) is 6.40. The topological polar surface area (TPSA) is 44.7 Å². The lowest BCUT2D eigenvalue weighted by Crippen LogP contribution is -2.41. The van der Waals surface area contributed by atoms with Gasteiger partial charge in [-0.15, -0.1) is 6.42 Å². The highest BCUT2D eigenvalue weighted by Crippen LogP contribution is 2.16. The highest BCUT2D eigenvalue weighted by atomic mass is 16.5. The van der Waals surface area contributed by atoms with Crippen molar-refractivity contribution >= 4 is 0 Å². The first-order chi connectivity index (χ1) is 11.2. The van der Waals surface area contributed by atoms with Crippen molar-refractivity contribution < 1.29 is 9.84 Å². The molecule has 0 bridgehead atoms. The summed E-state index contributed by atoms with van der Waals surface area (Å²) in [6.45, 7) is 6.93. The molecule has 1 saturated heterocycles. The van der Waals surface area contributed by atoms with Crippen molar-refractivity contribution in [1.29, 1.82) is 0 Å². The number of hydrogen-bond acceptors (Lipinski definition) is 4. The van der Waals surface area contributed by atoms with Crippen molar-refractivity contribution in [2.24, 2.45) is 5.92 Å². The molecule has 1 atom stereocenters. The molecule has 2 rings (SSSR count). The number of terminal acetylenes is 1. The summed E-state index contributed by atoms with van der Waals surface area (Å²) >= 11 is 0. The van der Waals surface area contributed by atoms with E-state index in [4.69, 9.17) is 11.2 Å². The number of nitrogens with zero attached hydrogens (tertiary/aromatic N) is 1. The number of aliphatic hydroxyl groups is 1. The van der Waals surface area contributed by atoms with Gasteiger partial charge >= 0.3 is 0 Å². The minimum absolute atomic E-state index is 0.291. The van der Waals surface area contributed by atoms with E-state index >= 15 is 0 Å². The predicted octanol–water partition coefficient (Wildman–Crippen LogP) is 1.88. The molecule has 1 heterocycles. The fourth-order valence-corrected chi connectivity index (χ4v) is 2.82. The predicted molar refractivity (Wildman–Crippen MR) is 93.3 cm³/mol. The zero-order valence-electron chi connectivity index (χ0n) is 14.0. The highest BCUT2D eigenvalue weighted by Gasteiger charge is 2.17. The van der Waals surface area contributed by atoms with Gasteiger partial charge in [-0.2, -0.15) is 0 Å². The number of β-amino-alcohol motifs (C(OH)–C–C–N with tert-alkyl or cyclic N) is 1. The Bertz CT molecular complexity index is 487. The quantitative estimate of drug-likeness (QED) is 0.719. The normalized spacial score (nSPS) is 17.6. The lowest BCUT2D eigenvalue weighted by Gasteiger charge is -2.31. The molecule has 1 aromatic rings. The van der Waals surface area contributed by atoms with Crippen molar-refractivity contribution in [1.82, 2.24) is 10.2 Å². The third-order valence-corrected chi connectivity index (χ3v) is 4.30. The average molecular weight is 316 g/mol. The lowest BCUT2D eigenvalue weighted by molar-refractivity contribution is 0.0907. The molecule has 0 aromatic heterocycles. The van der Waals surface area contributed by atoms with Crippen LogP contribution in [0.3, 0.4) is 0 Å². The SMILES string of the molecule is C#CCOc1ccc(CNCC(O)CN2CCC(C)CC2)cc1. The van der Waals surface area contributed by atoms with Crippen molar-refractivity contribution in [3.05, 3.63) is 29.8 Å². The summed E-state index contributed by atoms with van der Waals surface area (Å²) < 4.78 is 5.34. The van der Waals surface area contributed by atoms with Crippen LogP contribution in [0.15, 0.2) is 24.3 Å². The van der Waals surface area contributed by atoms with Gasteiger partial charge in [0.05, 0.1) is 6.10 Å². The largest absolute Gasteiger partial charge is 0.481 e. The Morgan fingerprint density at radius 3 is 2.70 bits per heavy atom. The Labute approximate surface area is 139 Å². The van der Waals surface area contributed by atoms with Crippen LogP contribution >= 0.6 is 0 Å². The van der Waals surface area contributed by atoms with Gasteiger partial charge in [0.15, 0.2) is 0 Å². The highest BCUT2D eigenvalue weighted by molar-refractivity contribution is 5.27. The number of ether oxygens (including phenoxy) is 1. The van der Waals surface area contributed by atoms with Gasteiger partial charge in [-0.3, -0.25) is 0 Å². The molecule has 1 aliphatic heterocycles. The minimum Gasteiger partial charge on any atom is -0.481 e. The van der Waals surface area contributed by atoms with Gasteiger partial charge < -0.3 is 20.1 Å². The molecule has 2 N–H and O–H groups in total. The Balaban J connectivity index is 1.63. The zero-order valence-corrected chi connectivity index (χ0v) is 14.0. The van der Waals surface area contributed by atoms with Gasteiger partial charge in [0.2, 0.25) is 0 Å². The van der Waals surface area contributed by atoms with E-state index in [-0.39, 0.29) is 6.10 Å². The van der Waals surface area contributed by atoms with Gasteiger partial charge in [0.1, 0.15) is 12.4 Å². The molecule has 0 saturated carbocycles. The number of nitrogens with one attached hydrogen (secondary N) is 1. The van der Waals surface area contributed by atoms with Crippen LogP contribution in [0.4, 0.5) is 0 Å². The van der Waals surface area contributed by atoms with E-state index < -0.39 is 0 Å². The Morgan fingerprint density at radius 2 is 2.04 bits per heavy atom. The smallest absolute Gasteiger partial charge is 0.148 e. The summed E-state index contributed by atoms with van der Waals surface area (Å²) in [6, 6.07) is 7.86. The third kappa shape index (κ3) is 6.62. The maximum Gasteiger partial charge on any atom is 0.148 e. The van der Waals surface area contributed by atoms with Crippen LogP contribution in [0, 0.1) is 18.3 Å². The average Bonchev–Trinajstić information content (AvgIpc) is 2.56. The maximum absolute atomic E-state index is 10.1. The second kappa shape index (κ2) is 9.57. The first-order valence-electron chi connectivity index (χ1n) is 8.43. The number of aliphatic hydroxyl groups excluding tert-OH is 1. The summed E-state index contributed by atoms with van der Waals surface area (Å²) in [4.78, 5) is 2.37. The molecule has 0 amide bonds. The Morgan fingerprint density at radius 1 is 1.35 bits per heavy atom. The molecule has 23 heavy (non-hydrogen) atoms. The summed E-state index contributed by atoms with van der Waals surface area (Å²) in [5.41, 5.74) is 1.16. The van der Waals surface area contributed by atoms with E-state index in [1.807, 2.05) is 24.3 Å². The summed E-state index contributed by atoms with van der Waals surface area (Å²) in [5.74, 6) is 4.06. The van der Waals surface area contributed by atoms with Crippen LogP contribution in [-0.4, -0.2) is 48.9 Å². The van der Waals surface area contributed by atoms with Crippen molar-refractivity contribution in [2.45, 2.75) is 32.4 Å². The van der Waals surface area contributed by atoms with Crippen LogP contribution < -0.4 is 10.1 Å². The zero-order chi connectivity index (χ0) is 16.5. The summed E-state index contributed by atoms with van der Waals surface area (Å²) in [7, 11) is 0. The fraction of sp³-hybridized carbons (Fsp3) is 0.579. The number of likely N-dealkylation sites (tertiary alicyclic amines) is 1. The monoisotopic (exact) mass is 316 g/mol. The van der Waals surface area contributed by atoms with Crippen molar-refractivity contribution in [3.63, 3.8) is 0 Å². The van der Waals surface area contributed by atoms with Gasteiger partial charge in [0, 0.05) is 19.6 Å². The molecule has 126 valence electrons. The Kier molecular flexibility index (Phi) is 7.41. The van der Waals surface area contributed by atoms with E-state index in [9.17, 15) is 5.11 Å². The molecule has 1 unspecified atom stereocenters. The van der Waals surface area contributed by atoms with Crippen molar-refractivity contribution in [3.8, 4) is 18.1 Å². The molecular formula is C19H28N2O2.